The zero-order valence-corrected chi connectivity index (χ0v) is 13.3. The van der Waals surface area contributed by atoms with Crippen LogP contribution in [0.5, 0.6) is 0 Å². The van der Waals surface area contributed by atoms with E-state index in [4.69, 9.17) is 0 Å². The molecule has 1 aromatic carbocycles. The summed E-state index contributed by atoms with van der Waals surface area (Å²) < 4.78 is 0. The maximum Gasteiger partial charge on any atom is 0.223 e. The third-order valence-electron chi connectivity index (χ3n) is 3.90. The average molecular weight is 314 g/mol. The summed E-state index contributed by atoms with van der Waals surface area (Å²) in [7, 11) is 0. The summed E-state index contributed by atoms with van der Waals surface area (Å²) in [6, 6.07) is 10.1. The fraction of sp³-hybridized carbons (Fsp3) is 0.353. The molecule has 1 atom stereocenters. The van der Waals surface area contributed by atoms with Crippen LogP contribution >= 0.6 is 11.8 Å². The predicted molar refractivity (Wildman–Crippen MR) is 88.7 cm³/mol. The minimum absolute atomic E-state index is 0.0831. The number of thioether (sulfide) groups is 1. The number of carbonyl (C=O) groups excluding carboxylic acids is 2. The summed E-state index contributed by atoms with van der Waals surface area (Å²) in [4.78, 5) is 29.4. The summed E-state index contributed by atoms with van der Waals surface area (Å²) >= 11 is 1.28. The zero-order chi connectivity index (χ0) is 15.5. The number of benzene rings is 1. The second-order valence-electron chi connectivity index (χ2n) is 5.51. The molecule has 0 bridgehead atoms. The highest BCUT2D eigenvalue weighted by Crippen LogP contribution is 2.25. The SMILES string of the molecule is CC(=O)SC1CC(=O)N(CCc2ccnc3ccccc23)C1. The molecule has 0 saturated carbocycles. The Balaban J connectivity index is 1.67. The van der Waals surface area contributed by atoms with E-state index in [-0.39, 0.29) is 16.3 Å². The molecule has 0 spiro atoms. The fourth-order valence-corrected chi connectivity index (χ4v) is 3.84. The molecule has 1 aliphatic rings. The third kappa shape index (κ3) is 3.30. The molecule has 5 heteroatoms. The van der Waals surface area contributed by atoms with Crippen molar-refractivity contribution in [3.8, 4) is 0 Å². The van der Waals surface area contributed by atoms with E-state index in [0.717, 1.165) is 17.3 Å². The lowest BCUT2D eigenvalue weighted by Crippen LogP contribution is -2.28. The van der Waals surface area contributed by atoms with Crippen molar-refractivity contribution in [3.63, 3.8) is 0 Å². The molecule has 22 heavy (non-hydrogen) atoms. The zero-order valence-electron chi connectivity index (χ0n) is 12.5. The first-order valence-electron chi connectivity index (χ1n) is 7.41. The highest BCUT2D eigenvalue weighted by atomic mass is 32.2. The van der Waals surface area contributed by atoms with Crippen LogP contribution in [-0.4, -0.2) is 39.2 Å². The van der Waals surface area contributed by atoms with E-state index in [1.165, 1.54) is 17.3 Å². The molecular formula is C17H18N2O2S. The number of carbonyl (C=O) groups is 2. The van der Waals surface area contributed by atoms with E-state index in [1.807, 2.05) is 35.4 Å². The summed E-state index contributed by atoms with van der Waals surface area (Å²) in [5.74, 6) is 0.150. The molecule has 114 valence electrons. The van der Waals surface area contributed by atoms with Gasteiger partial charge in [-0.25, -0.2) is 0 Å². The van der Waals surface area contributed by atoms with Gasteiger partial charge in [-0.15, -0.1) is 0 Å². The van der Waals surface area contributed by atoms with Crippen molar-refractivity contribution in [2.24, 2.45) is 0 Å². The minimum atomic E-state index is 0.0831. The van der Waals surface area contributed by atoms with Crippen molar-refractivity contribution < 1.29 is 9.59 Å². The first-order valence-corrected chi connectivity index (χ1v) is 8.29. The Kier molecular flexibility index (Phi) is 4.43. The van der Waals surface area contributed by atoms with Crippen molar-refractivity contribution in [1.82, 2.24) is 9.88 Å². The lowest BCUT2D eigenvalue weighted by Gasteiger charge is -2.16. The van der Waals surface area contributed by atoms with Crippen LogP contribution in [0.3, 0.4) is 0 Å². The first-order chi connectivity index (χ1) is 10.6. The maximum absolute atomic E-state index is 12.0. The van der Waals surface area contributed by atoms with Gasteiger partial charge in [0.25, 0.3) is 0 Å². The van der Waals surface area contributed by atoms with Crippen molar-refractivity contribution in [2.75, 3.05) is 13.1 Å². The van der Waals surface area contributed by atoms with Gasteiger partial charge < -0.3 is 4.90 Å². The van der Waals surface area contributed by atoms with E-state index in [9.17, 15) is 9.59 Å². The van der Waals surface area contributed by atoms with Gasteiger partial charge in [-0.2, -0.15) is 0 Å². The number of hydrogen-bond acceptors (Lipinski definition) is 4. The largest absolute Gasteiger partial charge is 0.341 e. The molecule has 1 fully saturated rings. The normalized spacial score (nSPS) is 18.1. The van der Waals surface area contributed by atoms with Gasteiger partial charge in [0.2, 0.25) is 5.91 Å². The number of aromatic nitrogens is 1. The summed E-state index contributed by atoms with van der Waals surface area (Å²) in [5, 5.41) is 1.34. The van der Waals surface area contributed by atoms with E-state index >= 15 is 0 Å². The Hall–Kier alpha value is -1.88. The monoisotopic (exact) mass is 314 g/mol. The summed E-state index contributed by atoms with van der Waals surface area (Å²) in [6.07, 6.45) is 3.10. The quantitative estimate of drug-likeness (QED) is 0.870. The second-order valence-corrected chi connectivity index (χ2v) is 6.99. The average Bonchev–Trinajstić information content (AvgIpc) is 2.84. The highest BCUT2D eigenvalue weighted by Gasteiger charge is 2.30. The number of pyridine rings is 1. The number of para-hydroxylation sites is 1. The lowest BCUT2D eigenvalue weighted by molar-refractivity contribution is -0.127. The molecule has 0 N–H and O–H groups in total. The first kappa shape index (κ1) is 15.0. The Labute approximate surface area is 133 Å². The third-order valence-corrected chi connectivity index (χ3v) is 4.88. The van der Waals surface area contributed by atoms with Gasteiger partial charge in [0.05, 0.1) is 5.52 Å². The van der Waals surface area contributed by atoms with Gasteiger partial charge in [0.15, 0.2) is 5.12 Å². The molecule has 0 radical (unpaired) electrons. The summed E-state index contributed by atoms with van der Waals surface area (Å²) in [5.41, 5.74) is 2.19. The van der Waals surface area contributed by atoms with E-state index in [2.05, 4.69) is 11.1 Å². The van der Waals surface area contributed by atoms with Gasteiger partial charge in [-0.3, -0.25) is 14.6 Å². The number of amides is 1. The molecule has 1 unspecified atom stereocenters. The van der Waals surface area contributed by atoms with Crippen LogP contribution in [0.25, 0.3) is 10.9 Å². The Morgan fingerprint density at radius 2 is 2.18 bits per heavy atom. The van der Waals surface area contributed by atoms with Crippen LogP contribution < -0.4 is 0 Å². The van der Waals surface area contributed by atoms with Gasteiger partial charge in [-0.1, -0.05) is 30.0 Å². The molecule has 2 aromatic rings. The maximum atomic E-state index is 12.0. The van der Waals surface area contributed by atoms with Crippen molar-refractivity contribution in [3.05, 3.63) is 42.1 Å². The number of fused-ring (bicyclic) bond motifs is 1. The minimum Gasteiger partial charge on any atom is -0.341 e. The smallest absolute Gasteiger partial charge is 0.223 e. The fourth-order valence-electron chi connectivity index (χ4n) is 2.89. The molecule has 1 aromatic heterocycles. The van der Waals surface area contributed by atoms with E-state index in [0.29, 0.717) is 19.5 Å². The number of rotatable bonds is 4. The highest BCUT2D eigenvalue weighted by molar-refractivity contribution is 8.14. The van der Waals surface area contributed by atoms with Crippen molar-refractivity contribution in [2.45, 2.75) is 25.0 Å². The Morgan fingerprint density at radius 3 is 3.00 bits per heavy atom. The molecule has 0 aliphatic carbocycles. The molecule has 1 amide bonds. The molecule has 4 nitrogen and oxygen atoms in total. The van der Waals surface area contributed by atoms with Crippen LogP contribution in [0, 0.1) is 0 Å². The molecule has 2 heterocycles. The number of hydrogen-bond donors (Lipinski definition) is 0. The number of likely N-dealkylation sites (tertiary alicyclic amines) is 1. The van der Waals surface area contributed by atoms with Crippen LogP contribution in [-0.2, 0) is 16.0 Å². The molecule has 3 rings (SSSR count). The van der Waals surface area contributed by atoms with Crippen molar-refractivity contribution >= 4 is 33.7 Å². The molecular weight excluding hydrogens is 296 g/mol. The Bertz CT molecular complexity index is 711. The van der Waals surface area contributed by atoms with Crippen molar-refractivity contribution in [1.29, 1.82) is 0 Å². The molecule has 1 saturated heterocycles. The van der Waals surface area contributed by atoms with Gasteiger partial charge in [0, 0.05) is 43.3 Å². The second kappa shape index (κ2) is 6.48. The van der Waals surface area contributed by atoms with E-state index < -0.39 is 0 Å². The van der Waals surface area contributed by atoms with Gasteiger partial charge in [-0.05, 0) is 24.1 Å². The van der Waals surface area contributed by atoms with Gasteiger partial charge in [0.1, 0.15) is 0 Å². The predicted octanol–water partition coefficient (Wildman–Crippen LogP) is 2.66. The molecule has 1 aliphatic heterocycles. The standard InChI is InChI=1S/C17H18N2O2S/c1-12(20)22-14-10-17(21)19(11-14)9-7-13-6-8-18-16-5-3-2-4-15(13)16/h2-6,8,14H,7,9-11H2,1H3. The number of nitrogens with zero attached hydrogens (tertiary/aromatic N) is 2. The summed E-state index contributed by atoms with van der Waals surface area (Å²) in [6.45, 7) is 2.93. The van der Waals surface area contributed by atoms with E-state index in [1.54, 1.807) is 6.92 Å². The van der Waals surface area contributed by atoms with Crippen LogP contribution in [0.15, 0.2) is 36.5 Å². The van der Waals surface area contributed by atoms with Crippen LogP contribution in [0.2, 0.25) is 0 Å². The van der Waals surface area contributed by atoms with Crippen LogP contribution in [0.1, 0.15) is 18.9 Å². The van der Waals surface area contributed by atoms with Gasteiger partial charge >= 0.3 is 0 Å². The topological polar surface area (TPSA) is 50.3 Å². The Morgan fingerprint density at radius 1 is 1.36 bits per heavy atom. The lowest BCUT2D eigenvalue weighted by atomic mass is 10.1. The van der Waals surface area contributed by atoms with Crippen LogP contribution in [0.4, 0.5) is 0 Å².